The molecule has 10 unspecified atom stereocenters. The van der Waals surface area contributed by atoms with Gasteiger partial charge in [-0.1, -0.05) is 64.4 Å². The normalized spacial score (nSPS) is 35.3. The molecule has 0 bridgehead atoms. The topological polar surface area (TPSA) is 436 Å². The second-order valence-corrected chi connectivity index (χ2v) is 20.7. The Balaban J connectivity index is 1.34. The van der Waals surface area contributed by atoms with Crippen LogP contribution in [0.2, 0.25) is 0 Å². The summed E-state index contributed by atoms with van der Waals surface area (Å²) in [4.78, 5) is 51.1. The molecule has 0 aromatic heterocycles. The number of carbonyl (C=O) groups is 4. The minimum Gasteiger partial charge on any atom is -0.494 e. The average molecular weight is 1140 g/mol. The van der Waals surface area contributed by atoms with E-state index in [1.165, 1.54) is 44.2 Å². The zero-order chi connectivity index (χ0) is 57.4. The zero-order valence-corrected chi connectivity index (χ0v) is 44.6. The van der Waals surface area contributed by atoms with Crippen molar-refractivity contribution in [2.75, 3.05) is 33.0 Å². The molecule has 1 aromatic rings. The number of benzene rings is 1. The molecule has 4 aliphatic rings. The van der Waals surface area contributed by atoms with Gasteiger partial charge < -0.3 is 105 Å². The number of aliphatic hydroxyl groups excluding tert-OH is 9. The Morgan fingerprint density at radius 1 is 0.551 bits per heavy atom. The number of hydrogen-bond acceptors (Lipinski definition) is 24. The molecule has 4 aliphatic heterocycles. The van der Waals surface area contributed by atoms with Crippen molar-refractivity contribution >= 4 is 34.0 Å². The van der Waals surface area contributed by atoms with E-state index in [4.69, 9.17) is 37.9 Å². The van der Waals surface area contributed by atoms with E-state index in [2.05, 4.69) is 32.4 Å². The summed E-state index contributed by atoms with van der Waals surface area (Å²) in [5.41, 5.74) is 0.0727. The van der Waals surface area contributed by atoms with Crippen LogP contribution in [0.1, 0.15) is 95.8 Å². The first-order chi connectivity index (χ1) is 37.0. The summed E-state index contributed by atoms with van der Waals surface area (Å²) >= 11 is 0. The van der Waals surface area contributed by atoms with E-state index in [0.29, 0.717) is 12.4 Å². The third kappa shape index (κ3) is 18.1. The van der Waals surface area contributed by atoms with Gasteiger partial charge in [0.05, 0.1) is 33.0 Å². The van der Waals surface area contributed by atoms with E-state index in [0.717, 1.165) is 46.5 Å². The van der Waals surface area contributed by atoms with Crippen molar-refractivity contribution in [3.63, 3.8) is 0 Å². The highest BCUT2D eigenvalue weighted by Crippen LogP contribution is 2.35. The van der Waals surface area contributed by atoms with E-state index in [9.17, 15) is 78.1 Å². The van der Waals surface area contributed by atoms with Gasteiger partial charge in [0.1, 0.15) is 103 Å². The van der Waals surface area contributed by atoms with Crippen molar-refractivity contribution < 1.29 is 120 Å². The van der Waals surface area contributed by atoms with Crippen LogP contribution < -0.4 is 26.0 Å². The molecule has 4 fully saturated rings. The Morgan fingerprint density at radius 3 is 1.46 bits per heavy atom. The Hall–Kier alpha value is -3.87. The first kappa shape index (κ1) is 64.9. The van der Waals surface area contributed by atoms with Gasteiger partial charge in [0, 0.05) is 26.3 Å². The highest BCUT2D eigenvalue weighted by atomic mass is 32.3. The first-order valence-electron chi connectivity index (χ1n) is 26.0. The number of hydrogen-bond donors (Lipinski definition) is 14. The number of aliphatic hydroxyl groups is 9. The van der Waals surface area contributed by atoms with Gasteiger partial charge >= 0.3 is 10.4 Å². The lowest BCUT2D eigenvalue weighted by atomic mass is 9.93. The standard InChI is InChI=1S/C48H78N4O25S/c1-5-6-7-8-9-10-11-12-13-17-69-27-16-14-15-26(18-27)44(64)52-33-37(60)36(59)28(19-53)72-46(33)75-41-29(20-54)73-47(34(39(41)62)50-24(3)57)76-42-30(21-55)74-48(35(40(42)63)51-25(4)58)77-43-31(22-70-78(66,67)68)71-45(65)32(38(43)61)49-23(2)56/h14-16,18,28-43,45-48,53-55,59-63,65H,5-13,17,19-22H2,1-4H3,(H,49,56)(H,50,57)(H,51,58)(H,52,64)(H,66,67,68)/t28?,29-,30?,31-,32?,33-,34?,35-,36+,37+,38?,39?,40?,41+,42+,43+,45?,46?,47?,48-/m0/s1. The zero-order valence-electron chi connectivity index (χ0n) is 43.8. The van der Waals surface area contributed by atoms with Crippen LogP contribution in [0.25, 0.3) is 0 Å². The third-order valence-electron chi connectivity index (χ3n) is 13.6. The summed E-state index contributed by atoms with van der Waals surface area (Å²) < 4.78 is 84.0. The predicted octanol–water partition coefficient (Wildman–Crippen LogP) is -4.14. The minimum absolute atomic E-state index is 0.0727. The molecule has 4 saturated heterocycles. The van der Waals surface area contributed by atoms with Gasteiger partial charge in [-0.3, -0.25) is 23.7 Å². The van der Waals surface area contributed by atoms with Gasteiger partial charge in [-0.15, -0.1) is 0 Å². The molecule has 4 amide bonds. The second-order valence-electron chi connectivity index (χ2n) is 19.6. The van der Waals surface area contributed by atoms with Crippen molar-refractivity contribution in [1.82, 2.24) is 21.3 Å². The number of ether oxygens (including phenoxy) is 8. The number of carbonyl (C=O) groups excluding carboxylic acids is 4. The summed E-state index contributed by atoms with van der Waals surface area (Å²) in [6, 6.07) is -0.593. The van der Waals surface area contributed by atoms with Crippen molar-refractivity contribution in [3.05, 3.63) is 29.8 Å². The molecule has 4 heterocycles. The maximum Gasteiger partial charge on any atom is 0.397 e. The lowest BCUT2D eigenvalue weighted by Gasteiger charge is -2.51. The van der Waals surface area contributed by atoms with Crippen molar-refractivity contribution in [3.8, 4) is 5.75 Å². The van der Waals surface area contributed by atoms with Gasteiger partial charge in [0.2, 0.25) is 17.7 Å². The fourth-order valence-electron chi connectivity index (χ4n) is 9.64. The van der Waals surface area contributed by atoms with Crippen LogP contribution in [-0.4, -0.2) is 238 Å². The summed E-state index contributed by atoms with van der Waals surface area (Å²) in [5, 5.41) is 109. The monoisotopic (exact) mass is 1140 g/mol. The number of amides is 4. The van der Waals surface area contributed by atoms with Crippen LogP contribution in [-0.2, 0) is 62.1 Å². The lowest BCUT2D eigenvalue weighted by Crippen LogP contribution is -2.71. The van der Waals surface area contributed by atoms with Crippen LogP contribution in [0, 0.1) is 0 Å². The van der Waals surface area contributed by atoms with Gasteiger partial charge in [0.15, 0.2) is 25.2 Å². The number of rotatable bonds is 28. The number of unbranched alkanes of at least 4 members (excludes halogenated alkanes) is 8. The SMILES string of the molecule is CCCCCCCCCCCOc1cccc(C(=O)N[C@@H]2C(O[C@H]3C(O)C(NC(C)=O)C(O[C@@H]4C(CO)O[C@@H](O[C@H]5C(O)C(NC(C)=O)C(O)O[C@H]5COS(=O)(=O)O)[C@@H](NC(C)=O)C4O)O[C@H]3CO)OC(CO)[C@@H](O)[C@@H]2O)c1. The molecule has 29 nitrogen and oxygen atoms in total. The number of nitrogens with one attached hydrogen (secondary N) is 4. The summed E-state index contributed by atoms with van der Waals surface area (Å²) in [5.74, 6) is -2.81. The molecule has 0 radical (unpaired) electrons. The van der Waals surface area contributed by atoms with Crippen LogP contribution in [0.4, 0.5) is 0 Å². The van der Waals surface area contributed by atoms with E-state index in [1.807, 2.05) is 0 Å². The van der Waals surface area contributed by atoms with Crippen LogP contribution in [0.5, 0.6) is 5.75 Å². The fourth-order valence-corrected chi connectivity index (χ4v) is 9.95. The van der Waals surface area contributed by atoms with Crippen LogP contribution >= 0.6 is 0 Å². The highest BCUT2D eigenvalue weighted by Gasteiger charge is 2.56. The minimum atomic E-state index is -5.16. The fraction of sp³-hybridized carbons (Fsp3) is 0.792. The summed E-state index contributed by atoms with van der Waals surface area (Å²) in [6.45, 7) is 1.68. The third-order valence-corrected chi connectivity index (χ3v) is 14.0. The molecular formula is C48H78N4O25S. The molecular weight excluding hydrogens is 1060 g/mol. The van der Waals surface area contributed by atoms with Crippen molar-refractivity contribution in [2.45, 2.75) is 208 Å². The van der Waals surface area contributed by atoms with E-state index in [1.54, 1.807) is 12.1 Å². The summed E-state index contributed by atoms with van der Waals surface area (Å²) in [6.07, 6.45) is -19.4. The maximum absolute atomic E-state index is 13.8. The van der Waals surface area contributed by atoms with Gasteiger partial charge in [0.25, 0.3) is 5.91 Å². The Kier molecular flexibility index (Phi) is 25.7. The van der Waals surface area contributed by atoms with E-state index in [-0.39, 0.29) is 5.56 Å². The quantitative estimate of drug-likeness (QED) is 0.0280. The first-order valence-corrected chi connectivity index (χ1v) is 27.3. The molecule has 30 heteroatoms. The average Bonchev–Trinajstić information content (AvgIpc) is 3.47. The smallest absolute Gasteiger partial charge is 0.397 e. The molecule has 78 heavy (non-hydrogen) atoms. The second kappa shape index (κ2) is 30.8. The van der Waals surface area contributed by atoms with Crippen LogP contribution in [0.15, 0.2) is 24.3 Å². The molecule has 1 aromatic carbocycles. The van der Waals surface area contributed by atoms with Gasteiger partial charge in [-0.2, -0.15) is 8.42 Å². The molecule has 0 spiro atoms. The Labute approximate surface area is 451 Å². The van der Waals surface area contributed by atoms with Crippen molar-refractivity contribution in [1.29, 1.82) is 0 Å². The van der Waals surface area contributed by atoms with Crippen molar-refractivity contribution in [2.24, 2.45) is 0 Å². The Bertz CT molecular complexity index is 2170. The maximum atomic E-state index is 13.8. The van der Waals surface area contributed by atoms with Crippen LogP contribution in [0.3, 0.4) is 0 Å². The van der Waals surface area contributed by atoms with E-state index >= 15 is 0 Å². The Morgan fingerprint density at radius 2 is 0.987 bits per heavy atom. The highest BCUT2D eigenvalue weighted by molar-refractivity contribution is 7.80. The molecule has 14 N–H and O–H groups in total. The van der Waals surface area contributed by atoms with Gasteiger partial charge in [-0.25, -0.2) is 4.18 Å². The lowest BCUT2D eigenvalue weighted by molar-refractivity contribution is -0.361. The molecule has 446 valence electrons. The van der Waals surface area contributed by atoms with E-state index < -0.39 is 183 Å². The molecule has 0 aliphatic carbocycles. The molecule has 20 atom stereocenters. The molecule has 5 rings (SSSR count). The molecule has 0 saturated carbocycles. The summed E-state index contributed by atoms with van der Waals surface area (Å²) in [7, 11) is -5.16. The van der Waals surface area contributed by atoms with Gasteiger partial charge in [-0.05, 0) is 24.6 Å². The largest absolute Gasteiger partial charge is 0.494 e. The predicted molar refractivity (Wildman–Crippen MR) is 264 cm³/mol.